The molecule has 5 heteroatoms. The zero-order valence-corrected chi connectivity index (χ0v) is 15.1. The number of halogens is 2. The molecule has 126 valence electrons. The van der Waals surface area contributed by atoms with E-state index in [0.29, 0.717) is 4.47 Å². The minimum absolute atomic E-state index is 0.207. The molecule has 0 heterocycles. The van der Waals surface area contributed by atoms with Crippen LogP contribution in [0, 0.1) is 5.82 Å². The summed E-state index contributed by atoms with van der Waals surface area (Å²) in [4.78, 5) is 14.3. The molecular weight excluding hydrogens is 371 g/mol. The standard InChI is InChI=1S/C19H20BrFN2O/c1-23(18-8-4-6-13-5-2-3-7-15(13)18)12-19(24)22-17-10-9-14(20)11-16(17)21/h2-3,5,7,9-11,18H,4,6,8,12H2,1H3,(H,22,24). The van der Waals surface area contributed by atoms with Gasteiger partial charge in [-0.15, -0.1) is 0 Å². The van der Waals surface area contributed by atoms with Crippen LogP contribution in [-0.4, -0.2) is 24.4 Å². The molecule has 3 rings (SSSR count). The van der Waals surface area contributed by atoms with E-state index in [9.17, 15) is 9.18 Å². The van der Waals surface area contributed by atoms with Gasteiger partial charge in [0.05, 0.1) is 12.2 Å². The average molecular weight is 391 g/mol. The monoisotopic (exact) mass is 390 g/mol. The third-order valence-electron chi connectivity index (χ3n) is 4.47. The van der Waals surface area contributed by atoms with Gasteiger partial charge >= 0.3 is 0 Å². The molecule has 0 saturated carbocycles. The Bertz CT molecular complexity index is 750. The summed E-state index contributed by atoms with van der Waals surface area (Å²) in [5, 5.41) is 2.65. The molecule has 1 N–H and O–H groups in total. The molecule has 0 aromatic heterocycles. The number of hydrogen-bond donors (Lipinski definition) is 1. The highest BCUT2D eigenvalue weighted by molar-refractivity contribution is 9.10. The highest BCUT2D eigenvalue weighted by Crippen LogP contribution is 2.33. The summed E-state index contributed by atoms with van der Waals surface area (Å²) in [6.45, 7) is 0.231. The molecule has 2 aromatic rings. The number of aryl methyl sites for hydroxylation is 1. The van der Waals surface area contributed by atoms with Crippen molar-refractivity contribution in [3.8, 4) is 0 Å². The van der Waals surface area contributed by atoms with Crippen LogP contribution in [0.25, 0.3) is 0 Å². The lowest BCUT2D eigenvalue weighted by Crippen LogP contribution is -2.35. The first-order valence-corrected chi connectivity index (χ1v) is 8.87. The second-order valence-electron chi connectivity index (χ2n) is 6.19. The average Bonchev–Trinajstić information content (AvgIpc) is 2.57. The van der Waals surface area contributed by atoms with Crippen LogP contribution in [-0.2, 0) is 11.2 Å². The fourth-order valence-corrected chi connectivity index (χ4v) is 3.64. The number of fused-ring (bicyclic) bond motifs is 1. The van der Waals surface area contributed by atoms with Crippen molar-refractivity contribution in [3.63, 3.8) is 0 Å². The van der Waals surface area contributed by atoms with Gasteiger partial charge < -0.3 is 5.32 Å². The Morgan fingerprint density at radius 2 is 2.12 bits per heavy atom. The molecule has 0 saturated heterocycles. The van der Waals surface area contributed by atoms with E-state index in [1.54, 1.807) is 12.1 Å². The van der Waals surface area contributed by atoms with Gasteiger partial charge in [0.15, 0.2) is 0 Å². The van der Waals surface area contributed by atoms with Crippen molar-refractivity contribution in [3.05, 3.63) is 63.9 Å². The molecule has 24 heavy (non-hydrogen) atoms. The Balaban J connectivity index is 1.67. The van der Waals surface area contributed by atoms with Crippen molar-refractivity contribution in [2.75, 3.05) is 18.9 Å². The number of benzene rings is 2. The molecule has 1 unspecified atom stereocenters. The Morgan fingerprint density at radius 3 is 2.92 bits per heavy atom. The molecule has 0 bridgehead atoms. The van der Waals surface area contributed by atoms with Crippen LogP contribution in [0.15, 0.2) is 46.9 Å². The predicted octanol–water partition coefficient (Wildman–Crippen LogP) is 4.54. The number of hydrogen-bond acceptors (Lipinski definition) is 2. The predicted molar refractivity (Wildman–Crippen MR) is 97.5 cm³/mol. The molecule has 0 fully saturated rings. The van der Waals surface area contributed by atoms with Gasteiger partial charge in [0.2, 0.25) is 5.91 Å². The molecule has 1 aliphatic rings. The Labute approximate surface area is 150 Å². The summed E-state index contributed by atoms with van der Waals surface area (Å²) in [5.41, 5.74) is 2.87. The van der Waals surface area contributed by atoms with E-state index in [4.69, 9.17) is 0 Å². The second kappa shape index (κ2) is 7.45. The molecular formula is C19H20BrFN2O. The number of nitrogens with zero attached hydrogens (tertiary/aromatic N) is 1. The van der Waals surface area contributed by atoms with Crippen molar-refractivity contribution in [2.24, 2.45) is 0 Å². The highest BCUT2D eigenvalue weighted by atomic mass is 79.9. The van der Waals surface area contributed by atoms with E-state index in [0.717, 1.165) is 19.3 Å². The number of likely N-dealkylation sites (N-methyl/N-ethyl adjacent to an activating group) is 1. The first-order valence-electron chi connectivity index (χ1n) is 8.07. The van der Waals surface area contributed by atoms with E-state index in [1.807, 2.05) is 18.0 Å². The van der Waals surface area contributed by atoms with E-state index in [2.05, 4.69) is 39.4 Å². The second-order valence-corrected chi connectivity index (χ2v) is 7.11. The van der Waals surface area contributed by atoms with Crippen LogP contribution in [0.1, 0.15) is 30.0 Å². The minimum Gasteiger partial charge on any atom is -0.322 e. The highest BCUT2D eigenvalue weighted by Gasteiger charge is 2.24. The number of anilines is 1. The number of rotatable bonds is 4. The van der Waals surface area contributed by atoms with Crippen LogP contribution < -0.4 is 5.32 Å². The number of carbonyl (C=O) groups excluding carboxylic acids is 1. The van der Waals surface area contributed by atoms with Crippen LogP contribution in [0.5, 0.6) is 0 Å². The quantitative estimate of drug-likeness (QED) is 0.830. The zero-order valence-electron chi connectivity index (χ0n) is 13.6. The van der Waals surface area contributed by atoms with Gasteiger partial charge in [-0.25, -0.2) is 4.39 Å². The van der Waals surface area contributed by atoms with E-state index >= 15 is 0 Å². The molecule has 1 atom stereocenters. The number of nitrogens with one attached hydrogen (secondary N) is 1. The lowest BCUT2D eigenvalue weighted by Gasteiger charge is -2.32. The van der Waals surface area contributed by atoms with Crippen LogP contribution >= 0.6 is 15.9 Å². The van der Waals surface area contributed by atoms with Gasteiger partial charge in [0.25, 0.3) is 0 Å². The third kappa shape index (κ3) is 3.84. The lowest BCUT2D eigenvalue weighted by atomic mass is 9.87. The van der Waals surface area contributed by atoms with Crippen molar-refractivity contribution in [1.82, 2.24) is 4.90 Å². The maximum atomic E-state index is 13.8. The summed E-state index contributed by atoms with van der Waals surface area (Å²) in [6.07, 6.45) is 3.25. The molecule has 3 nitrogen and oxygen atoms in total. The van der Waals surface area contributed by atoms with Gasteiger partial charge in [-0.3, -0.25) is 9.69 Å². The van der Waals surface area contributed by atoms with Gasteiger partial charge in [-0.05, 0) is 55.6 Å². The Kier molecular flexibility index (Phi) is 5.31. The zero-order chi connectivity index (χ0) is 17.1. The first kappa shape index (κ1) is 17.1. The van der Waals surface area contributed by atoms with Gasteiger partial charge in [-0.1, -0.05) is 40.2 Å². The summed E-state index contributed by atoms with van der Waals surface area (Å²) < 4.78 is 14.5. The number of carbonyl (C=O) groups is 1. The smallest absolute Gasteiger partial charge is 0.238 e. The topological polar surface area (TPSA) is 32.3 Å². The summed E-state index contributed by atoms with van der Waals surface area (Å²) in [5.74, 6) is -0.648. The first-order chi connectivity index (χ1) is 11.5. The normalized spacial score (nSPS) is 16.8. The van der Waals surface area contributed by atoms with Gasteiger partial charge in [0.1, 0.15) is 5.82 Å². The molecule has 1 amide bonds. The Morgan fingerprint density at radius 1 is 1.33 bits per heavy atom. The van der Waals surface area contributed by atoms with Crippen LogP contribution in [0.3, 0.4) is 0 Å². The van der Waals surface area contributed by atoms with Crippen LogP contribution in [0.4, 0.5) is 10.1 Å². The van der Waals surface area contributed by atoms with E-state index < -0.39 is 5.82 Å². The lowest BCUT2D eigenvalue weighted by molar-refractivity contribution is -0.117. The maximum absolute atomic E-state index is 13.8. The van der Waals surface area contributed by atoms with Crippen molar-refractivity contribution >= 4 is 27.5 Å². The molecule has 0 spiro atoms. The van der Waals surface area contributed by atoms with E-state index in [-0.39, 0.29) is 24.2 Å². The summed E-state index contributed by atoms with van der Waals surface area (Å²) in [7, 11) is 1.95. The molecule has 1 aliphatic carbocycles. The fraction of sp³-hybridized carbons (Fsp3) is 0.316. The largest absolute Gasteiger partial charge is 0.322 e. The van der Waals surface area contributed by atoms with Gasteiger partial charge in [0, 0.05) is 10.5 Å². The van der Waals surface area contributed by atoms with Crippen molar-refractivity contribution in [1.29, 1.82) is 0 Å². The minimum atomic E-state index is -0.441. The van der Waals surface area contributed by atoms with Crippen molar-refractivity contribution in [2.45, 2.75) is 25.3 Å². The SMILES string of the molecule is CN(CC(=O)Nc1ccc(Br)cc1F)C1CCCc2ccccc21. The van der Waals surface area contributed by atoms with Crippen molar-refractivity contribution < 1.29 is 9.18 Å². The maximum Gasteiger partial charge on any atom is 0.238 e. The molecule has 0 aliphatic heterocycles. The van der Waals surface area contributed by atoms with Gasteiger partial charge in [-0.2, -0.15) is 0 Å². The summed E-state index contributed by atoms with van der Waals surface area (Å²) >= 11 is 3.21. The summed E-state index contributed by atoms with van der Waals surface area (Å²) in [6, 6.07) is 13.3. The molecule has 2 aromatic carbocycles. The number of amides is 1. The van der Waals surface area contributed by atoms with E-state index in [1.165, 1.54) is 17.2 Å². The third-order valence-corrected chi connectivity index (χ3v) is 4.96. The fourth-order valence-electron chi connectivity index (χ4n) is 3.30. The Hall–Kier alpha value is -1.72. The molecule has 0 radical (unpaired) electrons. The van der Waals surface area contributed by atoms with Crippen LogP contribution in [0.2, 0.25) is 0 Å².